The van der Waals surface area contributed by atoms with E-state index in [1.807, 2.05) is 0 Å². The average Bonchev–Trinajstić information content (AvgIpc) is 2.74. The predicted octanol–water partition coefficient (Wildman–Crippen LogP) is 2.62. The highest BCUT2D eigenvalue weighted by atomic mass is 15.0. The highest BCUT2D eigenvalue weighted by Crippen LogP contribution is 2.45. The van der Waals surface area contributed by atoms with Crippen LogP contribution in [0.15, 0.2) is 24.3 Å². The van der Waals surface area contributed by atoms with Crippen molar-refractivity contribution in [1.82, 2.24) is 10.6 Å². The average molecular weight is 258 g/mol. The fraction of sp³-hybridized carbons (Fsp3) is 0.647. The van der Waals surface area contributed by atoms with E-state index in [2.05, 4.69) is 48.7 Å². The van der Waals surface area contributed by atoms with Crippen LogP contribution in [0.3, 0.4) is 0 Å². The van der Waals surface area contributed by atoms with Gasteiger partial charge >= 0.3 is 0 Å². The SMILES string of the molecule is CCC(C)NC1Cc2ccccc2C12CCNCC2. The summed E-state index contributed by atoms with van der Waals surface area (Å²) in [5.74, 6) is 0. The zero-order valence-corrected chi connectivity index (χ0v) is 12.2. The minimum atomic E-state index is 0.380. The molecule has 0 radical (unpaired) electrons. The quantitative estimate of drug-likeness (QED) is 0.871. The van der Waals surface area contributed by atoms with Crippen molar-refractivity contribution in [2.24, 2.45) is 0 Å². The summed E-state index contributed by atoms with van der Waals surface area (Å²) >= 11 is 0. The smallest absolute Gasteiger partial charge is 0.0208 e. The molecule has 1 spiro atoms. The van der Waals surface area contributed by atoms with Gasteiger partial charge in [0.2, 0.25) is 0 Å². The van der Waals surface area contributed by atoms with Gasteiger partial charge in [-0.1, -0.05) is 31.2 Å². The first kappa shape index (κ1) is 13.1. The zero-order valence-electron chi connectivity index (χ0n) is 12.2. The zero-order chi connectivity index (χ0) is 13.3. The summed E-state index contributed by atoms with van der Waals surface area (Å²) < 4.78 is 0. The molecule has 2 aliphatic rings. The van der Waals surface area contributed by atoms with Crippen molar-refractivity contribution in [3.8, 4) is 0 Å². The van der Waals surface area contributed by atoms with Gasteiger partial charge in [-0.05, 0) is 56.8 Å². The lowest BCUT2D eigenvalue weighted by molar-refractivity contribution is 0.228. The molecule has 2 atom stereocenters. The standard InChI is InChI=1S/C17H26N2/c1-3-13(2)19-16-12-14-6-4-5-7-15(14)17(16)8-10-18-11-9-17/h4-7,13,16,18-19H,3,8-12H2,1-2H3. The lowest BCUT2D eigenvalue weighted by atomic mass is 9.71. The van der Waals surface area contributed by atoms with Crippen molar-refractivity contribution in [2.75, 3.05) is 13.1 Å². The van der Waals surface area contributed by atoms with Crippen LogP contribution in [0, 0.1) is 0 Å². The lowest BCUT2D eigenvalue weighted by Gasteiger charge is -2.41. The molecule has 1 aliphatic carbocycles. The molecule has 19 heavy (non-hydrogen) atoms. The molecule has 1 saturated heterocycles. The van der Waals surface area contributed by atoms with E-state index in [9.17, 15) is 0 Å². The van der Waals surface area contributed by atoms with E-state index >= 15 is 0 Å². The number of piperidine rings is 1. The lowest BCUT2D eigenvalue weighted by Crippen LogP contribution is -2.53. The summed E-state index contributed by atoms with van der Waals surface area (Å²) in [4.78, 5) is 0. The van der Waals surface area contributed by atoms with Crippen molar-refractivity contribution in [3.05, 3.63) is 35.4 Å². The summed E-state index contributed by atoms with van der Waals surface area (Å²) in [7, 11) is 0. The molecule has 3 rings (SSSR count). The fourth-order valence-corrected chi connectivity index (χ4v) is 3.96. The Labute approximate surface area is 117 Å². The largest absolute Gasteiger partial charge is 0.317 e. The molecular weight excluding hydrogens is 232 g/mol. The van der Waals surface area contributed by atoms with Crippen LogP contribution in [0.25, 0.3) is 0 Å². The number of benzene rings is 1. The Morgan fingerprint density at radius 3 is 2.79 bits per heavy atom. The van der Waals surface area contributed by atoms with Crippen LogP contribution in [-0.2, 0) is 11.8 Å². The monoisotopic (exact) mass is 258 g/mol. The predicted molar refractivity (Wildman–Crippen MR) is 80.6 cm³/mol. The van der Waals surface area contributed by atoms with Crippen LogP contribution in [-0.4, -0.2) is 25.2 Å². The normalized spacial score (nSPS) is 26.3. The van der Waals surface area contributed by atoms with Gasteiger partial charge in [0.15, 0.2) is 0 Å². The maximum atomic E-state index is 3.91. The molecule has 1 fully saturated rings. The number of hydrogen-bond acceptors (Lipinski definition) is 2. The Morgan fingerprint density at radius 1 is 1.32 bits per heavy atom. The van der Waals surface area contributed by atoms with Crippen molar-refractivity contribution in [3.63, 3.8) is 0 Å². The molecule has 1 aromatic rings. The number of nitrogens with one attached hydrogen (secondary N) is 2. The summed E-state index contributed by atoms with van der Waals surface area (Å²) in [6, 6.07) is 10.4. The molecule has 0 bridgehead atoms. The van der Waals surface area contributed by atoms with Gasteiger partial charge in [0.05, 0.1) is 0 Å². The Bertz CT molecular complexity index is 435. The van der Waals surface area contributed by atoms with Gasteiger partial charge in [-0.2, -0.15) is 0 Å². The molecule has 0 saturated carbocycles. The Morgan fingerprint density at radius 2 is 2.05 bits per heavy atom. The van der Waals surface area contributed by atoms with Crippen LogP contribution in [0.4, 0.5) is 0 Å². The topological polar surface area (TPSA) is 24.1 Å². The maximum Gasteiger partial charge on any atom is 0.0208 e. The molecule has 1 aromatic carbocycles. The van der Waals surface area contributed by atoms with Crippen molar-refractivity contribution in [2.45, 2.75) is 57.0 Å². The van der Waals surface area contributed by atoms with Gasteiger partial charge < -0.3 is 10.6 Å². The van der Waals surface area contributed by atoms with Crippen molar-refractivity contribution < 1.29 is 0 Å². The van der Waals surface area contributed by atoms with Gasteiger partial charge in [0, 0.05) is 17.5 Å². The Balaban J connectivity index is 1.93. The minimum absolute atomic E-state index is 0.380. The molecule has 2 heteroatoms. The first-order chi connectivity index (χ1) is 9.26. The van der Waals surface area contributed by atoms with E-state index < -0.39 is 0 Å². The van der Waals surface area contributed by atoms with Crippen molar-refractivity contribution in [1.29, 1.82) is 0 Å². The van der Waals surface area contributed by atoms with Gasteiger partial charge in [0.1, 0.15) is 0 Å². The van der Waals surface area contributed by atoms with E-state index in [-0.39, 0.29) is 0 Å². The third kappa shape index (κ3) is 2.21. The van der Waals surface area contributed by atoms with Crippen LogP contribution in [0.2, 0.25) is 0 Å². The third-order valence-electron chi connectivity index (χ3n) is 5.24. The van der Waals surface area contributed by atoms with E-state index in [1.54, 1.807) is 11.1 Å². The fourth-order valence-electron chi connectivity index (χ4n) is 3.96. The Hall–Kier alpha value is -0.860. The van der Waals surface area contributed by atoms with E-state index in [1.165, 1.54) is 25.7 Å². The third-order valence-corrected chi connectivity index (χ3v) is 5.24. The van der Waals surface area contributed by atoms with Gasteiger partial charge in [-0.25, -0.2) is 0 Å². The molecule has 2 nitrogen and oxygen atoms in total. The molecular formula is C17H26N2. The first-order valence-corrected chi connectivity index (χ1v) is 7.81. The minimum Gasteiger partial charge on any atom is -0.317 e. The molecule has 0 aromatic heterocycles. The van der Waals surface area contributed by atoms with Gasteiger partial charge in [0.25, 0.3) is 0 Å². The van der Waals surface area contributed by atoms with Crippen molar-refractivity contribution >= 4 is 0 Å². The molecule has 2 unspecified atom stereocenters. The summed E-state index contributed by atoms with van der Waals surface area (Å²) in [6.07, 6.45) is 4.97. The second kappa shape index (κ2) is 5.26. The number of hydrogen-bond donors (Lipinski definition) is 2. The number of rotatable bonds is 3. The molecule has 1 heterocycles. The molecule has 0 amide bonds. The second-order valence-corrected chi connectivity index (χ2v) is 6.30. The molecule has 2 N–H and O–H groups in total. The highest BCUT2D eigenvalue weighted by Gasteiger charge is 2.46. The number of fused-ring (bicyclic) bond motifs is 2. The summed E-state index contributed by atoms with van der Waals surface area (Å²) in [5, 5.41) is 7.43. The van der Waals surface area contributed by atoms with Crippen LogP contribution in [0.5, 0.6) is 0 Å². The summed E-state index contributed by atoms with van der Waals surface area (Å²) in [6.45, 7) is 6.91. The van der Waals surface area contributed by atoms with Crippen LogP contribution in [0.1, 0.15) is 44.2 Å². The van der Waals surface area contributed by atoms with Crippen LogP contribution >= 0.6 is 0 Å². The second-order valence-electron chi connectivity index (χ2n) is 6.30. The highest BCUT2D eigenvalue weighted by molar-refractivity contribution is 5.43. The van der Waals surface area contributed by atoms with Gasteiger partial charge in [-0.15, -0.1) is 0 Å². The van der Waals surface area contributed by atoms with E-state index in [0.717, 1.165) is 13.1 Å². The first-order valence-electron chi connectivity index (χ1n) is 7.81. The maximum absolute atomic E-state index is 3.91. The van der Waals surface area contributed by atoms with Crippen LogP contribution < -0.4 is 10.6 Å². The Kier molecular flexibility index (Phi) is 3.64. The van der Waals surface area contributed by atoms with E-state index in [4.69, 9.17) is 0 Å². The van der Waals surface area contributed by atoms with E-state index in [0.29, 0.717) is 17.5 Å². The molecule has 104 valence electrons. The van der Waals surface area contributed by atoms with Gasteiger partial charge in [-0.3, -0.25) is 0 Å². The summed E-state index contributed by atoms with van der Waals surface area (Å²) in [5.41, 5.74) is 3.58. The molecule has 1 aliphatic heterocycles.